The number of rotatable bonds is 32. The third kappa shape index (κ3) is 32.5. The van der Waals surface area contributed by atoms with Crippen LogP contribution in [0.25, 0.3) is 0 Å². The first-order valence-electron chi connectivity index (χ1n) is 18.1. The highest BCUT2D eigenvalue weighted by molar-refractivity contribution is 5.80. The Morgan fingerprint density at radius 2 is 1.11 bits per heavy atom. The monoisotopic (exact) mass is 618 g/mol. The van der Waals surface area contributed by atoms with Crippen LogP contribution >= 0.6 is 0 Å². The number of carbonyl (C=O) groups is 3. The van der Waals surface area contributed by atoms with Gasteiger partial charge in [0.2, 0.25) is 5.91 Å². The maximum atomic E-state index is 12.6. The van der Waals surface area contributed by atoms with Crippen LogP contribution in [0, 0.1) is 0 Å². The number of carboxylic acids is 1. The van der Waals surface area contributed by atoms with E-state index in [1.165, 1.54) is 89.9 Å². The first kappa shape index (κ1) is 41.6. The van der Waals surface area contributed by atoms with E-state index in [0.29, 0.717) is 12.8 Å². The summed E-state index contributed by atoms with van der Waals surface area (Å²) in [6.45, 7) is 4.13. The maximum absolute atomic E-state index is 12.6. The first-order valence-corrected chi connectivity index (χ1v) is 18.1. The summed E-state index contributed by atoms with van der Waals surface area (Å²) in [7, 11) is 0. The molecule has 0 saturated heterocycles. The molecule has 0 bridgehead atoms. The number of hydrogen-bond donors (Lipinski definition) is 2. The van der Waals surface area contributed by atoms with Crippen LogP contribution in [0.2, 0.25) is 0 Å². The minimum Gasteiger partial charge on any atom is -0.480 e. The molecule has 0 aromatic rings. The molecule has 1 unspecified atom stereocenters. The highest BCUT2D eigenvalue weighted by atomic mass is 16.5. The molecule has 0 aromatic carbocycles. The minimum atomic E-state index is -1.03. The van der Waals surface area contributed by atoms with Crippen LogP contribution in [0.5, 0.6) is 0 Å². The highest BCUT2D eigenvalue weighted by Crippen LogP contribution is 2.15. The molecule has 0 saturated carbocycles. The fraction of sp³-hybridized carbons (Fsp3) is 0.763. The molecule has 0 rings (SSSR count). The molecular weight excluding hydrogens is 550 g/mol. The lowest BCUT2D eigenvalue weighted by Crippen LogP contribution is -2.28. The fourth-order valence-electron chi connectivity index (χ4n) is 5.04. The van der Waals surface area contributed by atoms with Crippen LogP contribution in [0.3, 0.4) is 0 Å². The van der Waals surface area contributed by atoms with Crippen molar-refractivity contribution in [3.63, 3.8) is 0 Å². The standard InChI is InChI=1S/C38H67NO5/c1-3-5-7-9-11-12-13-14-15-16-17-18-19-20-21-23-29-33-38(43)44-35(30-26-22-10-8-6-4-2)31-27-24-25-28-32-36(40)39-34-37(41)42/h11-12,14-15,26,30,35H,3-10,13,16-25,27-29,31-34H2,1-2H3,(H,39,40)(H,41,42)/b12-11-,15-14-,30-26-. The molecule has 1 atom stereocenters. The van der Waals surface area contributed by atoms with Gasteiger partial charge in [0.25, 0.3) is 0 Å². The highest BCUT2D eigenvalue weighted by Gasteiger charge is 2.12. The van der Waals surface area contributed by atoms with E-state index in [1.807, 2.05) is 0 Å². The number of unbranched alkanes of at least 4 members (excludes halogenated alkanes) is 17. The SMILES string of the molecule is CCCCC/C=C\C/C=C\CCCCCCCCCC(=O)OC(/C=C\CCCCCC)CCCCCCC(=O)NCC(=O)O. The Balaban J connectivity index is 4.04. The molecule has 0 fully saturated rings. The summed E-state index contributed by atoms with van der Waals surface area (Å²) in [6, 6.07) is 0. The van der Waals surface area contributed by atoms with Crippen LogP contribution < -0.4 is 5.32 Å². The van der Waals surface area contributed by atoms with Crippen molar-refractivity contribution in [1.82, 2.24) is 5.32 Å². The van der Waals surface area contributed by atoms with Gasteiger partial charge in [-0.2, -0.15) is 0 Å². The number of amides is 1. The van der Waals surface area contributed by atoms with Crippen LogP contribution in [-0.4, -0.2) is 35.6 Å². The zero-order valence-electron chi connectivity index (χ0n) is 28.5. The van der Waals surface area contributed by atoms with Gasteiger partial charge < -0.3 is 15.2 Å². The van der Waals surface area contributed by atoms with Gasteiger partial charge in [-0.1, -0.05) is 121 Å². The van der Waals surface area contributed by atoms with Crippen LogP contribution in [0.1, 0.15) is 174 Å². The predicted octanol–water partition coefficient (Wildman–Crippen LogP) is 10.6. The lowest BCUT2D eigenvalue weighted by Gasteiger charge is -2.15. The summed E-state index contributed by atoms with van der Waals surface area (Å²) in [4.78, 5) is 34.7. The van der Waals surface area contributed by atoms with Crippen LogP contribution in [0.15, 0.2) is 36.5 Å². The number of hydrogen-bond acceptors (Lipinski definition) is 4. The molecule has 6 heteroatoms. The Morgan fingerprint density at radius 1 is 0.614 bits per heavy atom. The van der Waals surface area contributed by atoms with Crippen molar-refractivity contribution in [3.05, 3.63) is 36.5 Å². The van der Waals surface area contributed by atoms with E-state index in [4.69, 9.17) is 9.84 Å². The first-order chi connectivity index (χ1) is 21.5. The van der Waals surface area contributed by atoms with E-state index in [9.17, 15) is 14.4 Å². The smallest absolute Gasteiger partial charge is 0.322 e. The maximum Gasteiger partial charge on any atom is 0.322 e. The molecule has 0 spiro atoms. The molecule has 0 heterocycles. The third-order valence-electron chi connectivity index (χ3n) is 7.77. The summed E-state index contributed by atoms with van der Waals surface area (Å²) in [5, 5.41) is 11.0. The molecule has 44 heavy (non-hydrogen) atoms. The molecule has 0 aliphatic carbocycles. The molecule has 0 aromatic heterocycles. The van der Waals surface area contributed by atoms with Gasteiger partial charge in [-0.3, -0.25) is 14.4 Å². The average molecular weight is 618 g/mol. The second kappa shape index (κ2) is 33.5. The Labute approximate surface area is 270 Å². The van der Waals surface area contributed by atoms with Crippen molar-refractivity contribution in [1.29, 1.82) is 0 Å². The summed E-state index contributed by atoms with van der Waals surface area (Å²) >= 11 is 0. The molecule has 0 aliphatic rings. The Kier molecular flexibility index (Phi) is 31.7. The normalized spacial score (nSPS) is 12.4. The molecular formula is C38H67NO5. The fourth-order valence-corrected chi connectivity index (χ4v) is 5.04. The summed E-state index contributed by atoms with van der Waals surface area (Å²) < 4.78 is 5.85. The predicted molar refractivity (Wildman–Crippen MR) is 185 cm³/mol. The second-order valence-electron chi connectivity index (χ2n) is 12.1. The van der Waals surface area contributed by atoms with Crippen molar-refractivity contribution in [2.24, 2.45) is 0 Å². The lowest BCUT2D eigenvalue weighted by molar-refractivity contribution is -0.147. The van der Waals surface area contributed by atoms with Gasteiger partial charge in [0.15, 0.2) is 0 Å². The van der Waals surface area contributed by atoms with Gasteiger partial charge in [-0.05, 0) is 76.7 Å². The number of nitrogens with one attached hydrogen (secondary N) is 1. The van der Waals surface area contributed by atoms with E-state index < -0.39 is 5.97 Å². The molecule has 0 radical (unpaired) electrons. The molecule has 6 nitrogen and oxygen atoms in total. The van der Waals surface area contributed by atoms with Crippen LogP contribution in [0.4, 0.5) is 0 Å². The Hall–Kier alpha value is -2.37. The van der Waals surface area contributed by atoms with E-state index in [0.717, 1.165) is 57.8 Å². The topological polar surface area (TPSA) is 92.7 Å². The van der Waals surface area contributed by atoms with Gasteiger partial charge in [0.1, 0.15) is 12.6 Å². The Bertz CT molecular complexity index is 773. The van der Waals surface area contributed by atoms with Crippen molar-refractivity contribution in [2.45, 2.75) is 180 Å². The van der Waals surface area contributed by atoms with Gasteiger partial charge in [0, 0.05) is 12.8 Å². The molecule has 1 amide bonds. The molecule has 2 N–H and O–H groups in total. The number of allylic oxidation sites excluding steroid dienone is 5. The van der Waals surface area contributed by atoms with Gasteiger partial charge >= 0.3 is 11.9 Å². The van der Waals surface area contributed by atoms with Gasteiger partial charge in [-0.15, -0.1) is 0 Å². The summed E-state index contributed by atoms with van der Waals surface area (Å²) in [5.74, 6) is -1.34. The lowest BCUT2D eigenvalue weighted by atomic mass is 10.1. The number of aliphatic carboxylic acids is 1. The average Bonchev–Trinajstić information content (AvgIpc) is 3.00. The number of ether oxygens (including phenoxy) is 1. The van der Waals surface area contributed by atoms with Gasteiger partial charge in [0.05, 0.1) is 0 Å². The third-order valence-corrected chi connectivity index (χ3v) is 7.77. The second-order valence-corrected chi connectivity index (χ2v) is 12.1. The number of carbonyl (C=O) groups excluding carboxylic acids is 2. The Morgan fingerprint density at radius 3 is 1.75 bits per heavy atom. The number of esters is 1. The van der Waals surface area contributed by atoms with Crippen molar-refractivity contribution < 1.29 is 24.2 Å². The zero-order chi connectivity index (χ0) is 32.4. The van der Waals surface area contributed by atoms with E-state index in [2.05, 4.69) is 55.6 Å². The minimum absolute atomic E-state index is 0.0941. The van der Waals surface area contributed by atoms with Crippen molar-refractivity contribution in [2.75, 3.05) is 6.54 Å². The van der Waals surface area contributed by atoms with Crippen molar-refractivity contribution >= 4 is 17.8 Å². The van der Waals surface area contributed by atoms with E-state index in [1.54, 1.807) is 0 Å². The molecule has 254 valence electrons. The largest absolute Gasteiger partial charge is 0.480 e. The summed E-state index contributed by atoms with van der Waals surface area (Å²) in [5.41, 5.74) is 0. The van der Waals surface area contributed by atoms with E-state index >= 15 is 0 Å². The number of carboxylic acid groups (broad SMARTS) is 1. The summed E-state index contributed by atoms with van der Waals surface area (Å²) in [6.07, 6.45) is 39.9. The van der Waals surface area contributed by atoms with E-state index in [-0.39, 0.29) is 24.5 Å². The molecule has 0 aliphatic heterocycles. The van der Waals surface area contributed by atoms with Gasteiger partial charge in [-0.25, -0.2) is 0 Å². The quantitative estimate of drug-likeness (QED) is 0.0445. The van der Waals surface area contributed by atoms with Crippen molar-refractivity contribution in [3.8, 4) is 0 Å². The zero-order valence-corrected chi connectivity index (χ0v) is 28.5. The van der Waals surface area contributed by atoms with Crippen LogP contribution in [-0.2, 0) is 19.1 Å².